The quantitative estimate of drug-likeness (QED) is 0.102. The molecule has 1 N–H and O–H groups in total. The summed E-state index contributed by atoms with van der Waals surface area (Å²) in [5.41, 5.74) is 2.46. The lowest BCUT2D eigenvalue weighted by Gasteiger charge is -2.24. The molecule has 1 saturated heterocycles. The molecule has 0 saturated carbocycles. The molecule has 0 spiro atoms. The van der Waals surface area contributed by atoms with Crippen molar-refractivity contribution in [3.05, 3.63) is 94.5 Å². The number of aliphatic hydroxyl groups excluding tert-OH is 1. The van der Waals surface area contributed by atoms with Crippen molar-refractivity contribution in [3.8, 4) is 17.2 Å². The first-order valence-electron chi connectivity index (χ1n) is 13.5. The summed E-state index contributed by atoms with van der Waals surface area (Å²) in [5, 5.41) is 12.5. The van der Waals surface area contributed by atoms with E-state index >= 15 is 0 Å². The van der Waals surface area contributed by atoms with Crippen LogP contribution in [0.4, 0.5) is 5.13 Å². The normalized spacial score (nSPS) is 19.2. The predicted octanol–water partition coefficient (Wildman–Crippen LogP) is 6.86. The highest BCUT2D eigenvalue weighted by Crippen LogP contribution is 2.46. The minimum Gasteiger partial charge on any atom is -0.507 e. The third kappa shape index (κ3) is 4.88. The lowest BCUT2D eigenvalue weighted by atomic mass is 9.94. The van der Waals surface area contributed by atoms with Gasteiger partial charge in [0.05, 0.1) is 28.4 Å². The summed E-state index contributed by atoms with van der Waals surface area (Å²) in [5.74, 6) is -0.237. The first kappa shape index (κ1) is 27.8. The number of aromatic nitrogens is 1. The first-order chi connectivity index (χ1) is 20.3. The van der Waals surface area contributed by atoms with Gasteiger partial charge in [0, 0.05) is 17.0 Å². The van der Waals surface area contributed by atoms with Gasteiger partial charge in [-0.3, -0.25) is 14.5 Å². The molecule has 10 heteroatoms. The second-order valence-electron chi connectivity index (χ2n) is 9.97. The molecule has 0 radical (unpaired) electrons. The number of hydrogen-bond donors (Lipinski definition) is 1. The van der Waals surface area contributed by atoms with Gasteiger partial charge in [-0.05, 0) is 73.5 Å². The highest BCUT2D eigenvalue weighted by molar-refractivity contribution is 7.22. The Balaban J connectivity index is 1.54. The van der Waals surface area contributed by atoms with Gasteiger partial charge in [-0.15, -0.1) is 0 Å². The molecule has 3 aromatic carbocycles. The average molecular weight is 603 g/mol. The van der Waals surface area contributed by atoms with Gasteiger partial charge in [-0.25, -0.2) is 4.98 Å². The largest absolute Gasteiger partial charge is 0.507 e. The van der Waals surface area contributed by atoms with Crippen LogP contribution >= 0.6 is 22.9 Å². The van der Waals surface area contributed by atoms with Crippen LogP contribution in [0.3, 0.4) is 0 Å². The molecule has 1 amide bonds. The molecule has 4 aromatic rings. The van der Waals surface area contributed by atoms with Gasteiger partial charge in [-0.1, -0.05) is 41.7 Å². The van der Waals surface area contributed by atoms with Gasteiger partial charge in [-0.2, -0.15) is 0 Å². The Bertz CT molecular complexity index is 1780. The molecule has 0 aliphatic carbocycles. The zero-order valence-electron chi connectivity index (χ0n) is 22.9. The number of rotatable bonds is 8. The summed E-state index contributed by atoms with van der Waals surface area (Å²) in [4.78, 5) is 33.4. The van der Waals surface area contributed by atoms with Crippen molar-refractivity contribution in [2.45, 2.75) is 32.4 Å². The fourth-order valence-electron chi connectivity index (χ4n) is 5.29. The lowest BCUT2D eigenvalue weighted by Crippen LogP contribution is -2.29. The molecule has 42 heavy (non-hydrogen) atoms. The molecule has 6 rings (SSSR count). The Kier molecular flexibility index (Phi) is 7.38. The molecule has 2 atom stereocenters. The summed E-state index contributed by atoms with van der Waals surface area (Å²) in [6.07, 6.45) is 2.31. The van der Waals surface area contributed by atoms with Crippen molar-refractivity contribution in [3.63, 3.8) is 0 Å². The van der Waals surface area contributed by atoms with E-state index in [4.69, 9.17) is 25.8 Å². The van der Waals surface area contributed by atoms with Crippen molar-refractivity contribution >= 4 is 55.7 Å². The Labute approximate surface area is 251 Å². The second kappa shape index (κ2) is 11.2. The van der Waals surface area contributed by atoms with Gasteiger partial charge >= 0.3 is 5.91 Å². The summed E-state index contributed by atoms with van der Waals surface area (Å²) < 4.78 is 18.2. The van der Waals surface area contributed by atoms with E-state index in [0.717, 1.165) is 16.0 Å². The monoisotopic (exact) mass is 602 g/mol. The fourth-order valence-corrected chi connectivity index (χ4v) is 6.56. The number of ether oxygens (including phenoxy) is 3. The number of benzene rings is 3. The summed E-state index contributed by atoms with van der Waals surface area (Å²) in [6.45, 7) is 8.15. The van der Waals surface area contributed by atoms with Gasteiger partial charge in [0.1, 0.15) is 24.2 Å². The minimum absolute atomic E-state index is 0.00863. The molecule has 0 unspecified atom stereocenters. The number of halogens is 1. The molecule has 0 bridgehead atoms. The van der Waals surface area contributed by atoms with Gasteiger partial charge in [0.2, 0.25) is 0 Å². The average Bonchev–Trinajstić information content (AvgIpc) is 3.63. The molecule has 1 aromatic heterocycles. The number of ketones is 1. The van der Waals surface area contributed by atoms with Gasteiger partial charge in [0.15, 0.2) is 16.6 Å². The maximum atomic E-state index is 13.7. The number of carbonyl (C=O) groups is 2. The van der Waals surface area contributed by atoms with Crippen molar-refractivity contribution in [1.82, 2.24) is 4.98 Å². The van der Waals surface area contributed by atoms with E-state index in [-0.39, 0.29) is 24.0 Å². The Morgan fingerprint density at radius 1 is 1.17 bits per heavy atom. The third-order valence-corrected chi connectivity index (χ3v) is 8.35. The van der Waals surface area contributed by atoms with Crippen LogP contribution in [0.1, 0.15) is 36.6 Å². The van der Waals surface area contributed by atoms with Crippen LogP contribution in [-0.4, -0.2) is 41.1 Å². The van der Waals surface area contributed by atoms with Crippen LogP contribution in [0.15, 0.2) is 72.8 Å². The van der Waals surface area contributed by atoms with Crippen LogP contribution in [0, 0.1) is 0 Å². The molecule has 2 aliphatic rings. The van der Waals surface area contributed by atoms with Crippen LogP contribution in [0.25, 0.3) is 16.0 Å². The topological polar surface area (TPSA) is 98.2 Å². The number of Topliss-reactive ketones (excluding diaryl/α,β-unsaturated/α-hetero) is 1. The Morgan fingerprint density at radius 3 is 2.79 bits per heavy atom. The van der Waals surface area contributed by atoms with E-state index in [9.17, 15) is 14.7 Å². The maximum absolute atomic E-state index is 13.7. The Morgan fingerprint density at radius 2 is 2.00 bits per heavy atom. The number of aliphatic hydroxyl groups is 1. The molecular weight excluding hydrogens is 576 g/mol. The third-order valence-electron chi connectivity index (χ3n) is 7.10. The van der Waals surface area contributed by atoms with E-state index in [1.54, 1.807) is 60.7 Å². The molecule has 8 nitrogen and oxygen atoms in total. The van der Waals surface area contributed by atoms with E-state index in [1.807, 2.05) is 13.8 Å². The van der Waals surface area contributed by atoms with Crippen molar-refractivity contribution in [2.75, 3.05) is 18.1 Å². The SMILES string of the molecule is C=CCOc1ccc([C@H]2/C(=C(\O)c3ccc4c(c3)C[C@H](C)O4)C(=O)C(=O)N2c2nc3ccc(Cl)cc3s2)cc1OCC. The highest BCUT2D eigenvalue weighted by Gasteiger charge is 2.48. The number of nitrogens with zero attached hydrogens (tertiary/aromatic N) is 2. The number of anilines is 1. The number of amides is 1. The number of fused-ring (bicyclic) bond motifs is 2. The number of thiazole rings is 1. The molecule has 214 valence electrons. The van der Waals surface area contributed by atoms with E-state index in [1.165, 1.54) is 16.2 Å². The number of hydrogen-bond acceptors (Lipinski definition) is 8. The summed E-state index contributed by atoms with van der Waals surface area (Å²) in [6, 6.07) is 14.7. The van der Waals surface area contributed by atoms with Crippen LogP contribution in [0.5, 0.6) is 17.2 Å². The van der Waals surface area contributed by atoms with E-state index < -0.39 is 17.7 Å². The van der Waals surface area contributed by atoms with Crippen molar-refractivity contribution < 1.29 is 28.9 Å². The van der Waals surface area contributed by atoms with Crippen molar-refractivity contribution in [1.29, 1.82) is 0 Å². The minimum atomic E-state index is -0.989. The predicted molar refractivity (Wildman–Crippen MR) is 163 cm³/mol. The molecule has 3 heterocycles. The maximum Gasteiger partial charge on any atom is 0.301 e. The van der Waals surface area contributed by atoms with Crippen LogP contribution in [-0.2, 0) is 16.0 Å². The fraction of sp³-hybridized carbons (Fsp3) is 0.219. The summed E-state index contributed by atoms with van der Waals surface area (Å²) >= 11 is 7.44. The molecule has 2 aliphatic heterocycles. The zero-order valence-corrected chi connectivity index (χ0v) is 24.5. The smallest absolute Gasteiger partial charge is 0.301 e. The van der Waals surface area contributed by atoms with E-state index in [2.05, 4.69) is 11.6 Å². The van der Waals surface area contributed by atoms with Gasteiger partial charge in [0.25, 0.3) is 5.78 Å². The first-order valence-corrected chi connectivity index (χ1v) is 14.7. The zero-order chi connectivity index (χ0) is 29.5. The van der Waals surface area contributed by atoms with Crippen molar-refractivity contribution in [2.24, 2.45) is 0 Å². The summed E-state index contributed by atoms with van der Waals surface area (Å²) in [7, 11) is 0. The highest BCUT2D eigenvalue weighted by atomic mass is 35.5. The number of carbonyl (C=O) groups excluding carboxylic acids is 2. The second-order valence-corrected chi connectivity index (χ2v) is 11.4. The van der Waals surface area contributed by atoms with Gasteiger partial charge < -0.3 is 19.3 Å². The lowest BCUT2D eigenvalue weighted by molar-refractivity contribution is -0.132. The standard InChI is InChI=1S/C32H27ClN2O6S/c1-4-12-40-24-11-6-18(15-25(24)39-5-2)28-27(29(36)19-7-10-23-20(14-19)13-17(3)41-23)30(37)31(38)35(28)32-34-22-9-8-21(33)16-26(22)42-32/h4,6-11,14-17,28,36H,1,5,12-13H2,2-3H3/b29-27+/t17-,28-/m0/s1. The van der Waals surface area contributed by atoms with Crippen LogP contribution < -0.4 is 19.1 Å². The van der Waals surface area contributed by atoms with Crippen LogP contribution in [0.2, 0.25) is 5.02 Å². The molecular formula is C32H27ClN2O6S. The Hall–Kier alpha value is -4.34. The van der Waals surface area contributed by atoms with E-state index in [0.29, 0.717) is 51.3 Å². The molecule has 1 fully saturated rings.